The fourth-order valence-corrected chi connectivity index (χ4v) is 4.88. The Morgan fingerprint density at radius 3 is 3.00 bits per heavy atom. The molecule has 7 nitrogen and oxygen atoms in total. The van der Waals surface area contributed by atoms with Gasteiger partial charge in [-0.15, -0.1) is 11.8 Å². The van der Waals surface area contributed by atoms with Gasteiger partial charge in [-0.25, -0.2) is 0 Å². The number of carbonyl (C=O) groups excluding carboxylic acids is 2. The lowest BCUT2D eigenvalue weighted by Gasteiger charge is -2.36. The number of carboxylic acids is 1. The van der Waals surface area contributed by atoms with E-state index in [-0.39, 0.29) is 29.7 Å². The molecule has 122 valence electrons. The molecular formula is C14H20N2O5S. The topological polar surface area (TPSA) is 87.2 Å². The molecule has 0 radical (unpaired) electrons. The molecule has 3 heterocycles. The van der Waals surface area contributed by atoms with E-state index >= 15 is 0 Å². The predicted molar refractivity (Wildman–Crippen MR) is 79.3 cm³/mol. The molecular weight excluding hydrogens is 308 g/mol. The van der Waals surface area contributed by atoms with Crippen LogP contribution in [0, 0.1) is 0 Å². The van der Waals surface area contributed by atoms with E-state index in [2.05, 4.69) is 0 Å². The van der Waals surface area contributed by atoms with Gasteiger partial charge in [-0.1, -0.05) is 0 Å². The van der Waals surface area contributed by atoms with E-state index in [1.165, 1.54) is 0 Å². The Morgan fingerprint density at radius 1 is 1.50 bits per heavy atom. The number of nitrogens with zero attached hydrogens (tertiary/aromatic N) is 2. The second kappa shape index (κ2) is 5.73. The molecule has 22 heavy (non-hydrogen) atoms. The van der Waals surface area contributed by atoms with Crippen LogP contribution in [0.4, 0.5) is 0 Å². The summed E-state index contributed by atoms with van der Waals surface area (Å²) < 4.78 is 5.40. The first-order valence-electron chi connectivity index (χ1n) is 7.49. The lowest BCUT2D eigenvalue weighted by Crippen LogP contribution is -2.55. The van der Waals surface area contributed by atoms with Crippen LogP contribution in [0.15, 0.2) is 0 Å². The van der Waals surface area contributed by atoms with Gasteiger partial charge >= 0.3 is 5.97 Å². The number of amides is 2. The number of rotatable bonds is 3. The maximum Gasteiger partial charge on any atom is 0.306 e. The van der Waals surface area contributed by atoms with E-state index in [1.54, 1.807) is 21.6 Å². The van der Waals surface area contributed by atoms with Gasteiger partial charge in [0.05, 0.1) is 24.0 Å². The van der Waals surface area contributed by atoms with Crippen LogP contribution >= 0.6 is 11.8 Å². The molecule has 3 rings (SSSR count). The summed E-state index contributed by atoms with van der Waals surface area (Å²) in [6.45, 7) is 3.09. The zero-order valence-corrected chi connectivity index (χ0v) is 13.3. The summed E-state index contributed by atoms with van der Waals surface area (Å²) in [6, 6.07) is -0.423. The normalized spacial score (nSPS) is 34.9. The highest BCUT2D eigenvalue weighted by atomic mass is 32.2. The molecule has 3 unspecified atom stereocenters. The molecule has 3 saturated heterocycles. The Balaban J connectivity index is 1.69. The number of thioether (sulfide) groups is 1. The fraction of sp³-hybridized carbons (Fsp3) is 0.786. The van der Waals surface area contributed by atoms with Crippen molar-refractivity contribution in [3.05, 3.63) is 0 Å². The third kappa shape index (κ3) is 2.69. The first kappa shape index (κ1) is 15.6. The summed E-state index contributed by atoms with van der Waals surface area (Å²) in [7, 11) is 0. The average molecular weight is 328 g/mol. The van der Waals surface area contributed by atoms with Crippen LogP contribution in [-0.4, -0.2) is 75.2 Å². The zero-order valence-electron chi connectivity index (χ0n) is 12.5. The highest BCUT2D eigenvalue weighted by Gasteiger charge is 2.53. The molecule has 3 aliphatic rings. The molecule has 8 heteroatoms. The highest BCUT2D eigenvalue weighted by molar-refractivity contribution is 8.01. The molecule has 3 fully saturated rings. The molecule has 0 aromatic carbocycles. The van der Waals surface area contributed by atoms with Crippen molar-refractivity contribution < 1.29 is 24.2 Å². The summed E-state index contributed by atoms with van der Waals surface area (Å²) in [5.74, 6) is -0.355. The molecule has 0 aromatic rings. The van der Waals surface area contributed by atoms with Gasteiger partial charge in [-0.05, 0) is 13.3 Å². The number of aliphatic carboxylic acids is 1. The number of morpholine rings is 1. The van der Waals surface area contributed by atoms with Crippen molar-refractivity contribution in [3.63, 3.8) is 0 Å². The second-order valence-corrected chi connectivity index (χ2v) is 7.64. The smallest absolute Gasteiger partial charge is 0.306 e. The van der Waals surface area contributed by atoms with Gasteiger partial charge in [-0.2, -0.15) is 0 Å². The van der Waals surface area contributed by atoms with Gasteiger partial charge < -0.3 is 19.6 Å². The molecule has 3 aliphatic heterocycles. The van der Waals surface area contributed by atoms with E-state index in [0.29, 0.717) is 25.3 Å². The minimum atomic E-state index is -0.932. The van der Waals surface area contributed by atoms with Gasteiger partial charge in [-0.3, -0.25) is 14.4 Å². The summed E-state index contributed by atoms with van der Waals surface area (Å²) in [4.78, 5) is 38.8. The van der Waals surface area contributed by atoms with Crippen LogP contribution in [0.25, 0.3) is 0 Å². The van der Waals surface area contributed by atoms with Crippen molar-refractivity contribution in [3.8, 4) is 0 Å². The highest BCUT2D eigenvalue weighted by Crippen LogP contribution is 2.47. The SMILES string of the molecule is CC12CCC(=O)N1C(C(=O)N1CCOC(CC(=O)O)C1)CS2. The van der Waals surface area contributed by atoms with Gasteiger partial charge in [0.25, 0.3) is 0 Å². The van der Waals surface area contributed by atoms with Crippen LogP contribution in [0.2, 0.25) is 0 Å². The number of carboxylic acid groups (broad SMARTS) is 1. The van der Waals surface area contributed by atoms with Gasteiger partial charge in [0.2, 0.25) is 11.8 Å². The summed E-state index contributed by atoms with van der Waals surface area (Å²) >= 11 is 1.66. The number of fused-ring (bicyclic) bond motifs is 1. The minimum absolute atomic E-state index is 0.0428. The standard InChI is InChI=1S/C14H20N2O5S/c1-14-3-2-11(17)16(14)10(8-22-14)13(20)15-4-5-21-9(7-15)6-12(18)19/h9-10H,2-8H2,1H3,(H,18,19). The quantitative estimate of drug-likeness (QED) is 0.793. The first-order valence-corrected chi connectivity index (χ1v) is 8.47. The molecule has 0 aliphatic carbocycles. The van der Waals surface area contributed by atoms with Crippen molar-refractivity contribution in [2.75, 3.05) is 25.4 Å². The molecule has 1 N–H and O–H groups in total. The Labute approximate surface area is 133 Å². The lowest BCUT2D eigenvalue weighted by atomic mass is 10.1. The maximum absolute atomic E-state index is 12.8. The van der Waals surface area contributed by atoms with Crippen molar-refractivity contribution in [2.45, 2.75) is 43.2 Å². The summed E-state index contributed by atoms with van der Waals surface area (Å²) in [5, 5.41) is 8.85. The molecule has 0 bridgehead atoms. The Morgan fingerprint density at radius 2 is 2.27 bits per heavy atom. The van der Waals surface area contributed by atoms with E-state index < -0.39 is 18.1 Å². The van der Waals surface area contributed by atoms with Gasteiger partial charge in [0, 0.05) is 25.3 Å². The number of carbonyl (C=O) groups is 3. The van der Waals surface area contributed by atoms with Gasteiger partial charge in [0.1, 0.15) is 6.04 Å². The van der Waals surface area contributed by atoms with Crippen molar-refractivity contribution in [1.29, 1.82) is 0 Å². The van der Waals surface area contributed by atoms with E-state index in [0.717, 1.165) is 6.42 Å². The van der Waals surface area contributed by atoms with Crippen LogP contribution in [0.3, 0.4) is 0 Å². The summed E-state index contributed by atoms with van der Waals surface area (Å²) in [6.07, 6.45) is 0.706. The van der Waals surface area contributed by atoms with Crippen molar-refractivity contribution >= 4 is 29.5 Å². The van der Waals surface area contributed by atoms with Crippen LogP contribution in [0.5, 0.6) is 0 Å². The Bertz CT molecular complexity index is 513. The second-order valence-electron chi connectivity index (χ2n) is 6.14. The number of hydrogen-bond acceptors (Lipinski definition) is 5. The third-order valence-corrected chi connectivity index (χ3v) is 6.09. The third-order valence-electron chi connectivity index (χ3n) is 4.58. The number of ether oxygens (including phenoxy) is 1. The number of hydrogen-bond donors (Lipinski definition) is 1. The predicted octanol–water partition coefficient (Wildman–Crippen LogP) is 0.143. The minimum Gasteiger partial charge on any atom is -0.481 e. The summed E-state index contributed by atoms with van der Waals surface area (Å²) in [5.41, 5.74) is 0. The molecule has 0 saturated carbocycles. The average Bonchev–Trinajstić information content (AvgIpc) is 2.95. The van der Waals surface area contributed by atoms with E-state index in [1.807, 2.05) is 6.92 Å². The van der Waals surface area contributed by atoms with Crippen LogP contribution in [0.1, 0.15) is 26.2 Å². The molecule has 2 amide bonds. The fourth-order valence-electron chi connectivity index (χ4n) is 3.45. The Hall–Kier alpha value is -1.28. The zero-order chi connectivity index (χ0) is 15.9. The van der Waals surface area contributed by atoms with E-state index in [9.17, 15) is 14.4 Å². The van der Waals surface area contributed by atoms with Gasteiger partial charge in [0.15, 0.2) is 0 Å². The van der Waals surface area contributed by atoms with E-state index in [4.69, 9.17) is 9.84 Å². The molecule has 0 aromatic heterocycles. The first-order chi connectivity index (χ1) is 10.4. The maximum atomic E-state index is 12.8. The Kier molecular flexibility index (Phi) is 4.07. The molecule has 0 spiro atoms. The monoisotopic (exact) mass is 328 g/mol. The largest absolute Gasteiger partial charge is 0.481 e. The lowest BCUT2D eigenvalue weighted by molar-refractivity contribution is -0.152. The van der Waals surface area contributed by atoms with Crippen LogP contribution < -0.4 is 0 Å². The van der Waals surface area contributed by atoms with Crippen LogP contribution in [-0.2, 0) is 19.1 Å². The molecule has 3 atom stereocenters. The van der Waals surface area contributed by atoms with Crippen molar-refractivity contribution in [2.24, 2.45) is 0 Å². The van der Waals surface area contributed by atoms with Crippen molar-refractivity contribution in [1.82, 2.24) is 9.80 Å².